The van der Waals surface area contributed by atoms with Crippen LogP contribution in [0.2, 0.25) is 0 Å². The Hall–Kier alpha value is -2.57. The van der Waals surface area contributed by atoms with Crippen LogP contribution in [0, 0.1) is 0 Å². The van der Waals surface area contributed by atoms with E-state index in [0.717, 1.165) is 37.8 Å². The number of hydrogen-bond donors (Lipinski definition) is 1. The molecular weight excluding hydrogens is 355 g/mol. The average Bonchev–Trinajstić information content (AvgIpc) is 2.67. The number of alkyl halides is 3. The third-order valence-electron chi connectivity index (χ3n) is 4.82. The summed E-state index contributed by atoms with van der Waals surface area (Å²) in [6.45, 7) is 2.78. The molecule has 144 valence electrons. The number of halogens is 3. The number of carbonyl (C=O) groups is 1. The van der Waals surface area contributed by atoms with Crippen molar-refractivity contribution in [3.05, 3.63) is 53.9 Å². The van der Waals surface area contributed by atoms with Crippen LogP contribution < -0.4 is 5.32 Å². The largest absolute Gasteiger partial charge is 0.416 e. The van der Waals surface area contributed by atoms with E-state index in [1.54, 1.807) is 18.2 Å². The fraction of sp³-hybridized carbons (Fsp3) is 0.400. The van der Waals surface area contributed by atoms with Crippen molar-refractivity contribution in [1.82, 2.24) is 9.88 Å². The van der Waals surface area contributed by atoms with Gasteiger partial charge in [0, 0.05) is 30.2 Å². The van der Waals surface area contributed by atoms with E-state index in [4.69, 9.17) is 0 Å². The lowest BCUT2D eigenvalue weighted by molar-refractivity contribution is -0.137. The smallest absolute Gasteiger partial charge is 0.355 e. The highest BCUT2D eigenvalue weighted by atomic mass is 19.4. The van der Waals surface area contributed by atoms with Gasteiger partial charge in [-0.25, -0.2) is 0 Å². The highest BCUT2D eigenvalue weighted by Crippen LogP contribution is 2.31. The number of hydrogen-bond acceptors (Lipinski definition) is 3. The third kappa shape index (κ3) is 4.59. The van der Waals surface area contributed by atoms with Gasteiger partial charge in [-0.1, -0.05) is 13.0 Å². The molecule has 27 heavy (non-hydrogen) atoms. The first kappa shape index (κ1) is 19.2. The van der Waals surface area contributed by atoms with Crippen molar-refractivity contribution in [3.8, 4) is 0 Å². The average molecular weight is 377 g/mol. The molecule has 0 radical (unpaired) electrons. The molecule has 1 aliphatic heterocycles. The van der Waals surface area contributed by atoms with Gasteiger partial charge in [0.1, 0.15) is 5.69 Å². The van der Waals surface area contributed by atoms with E-state index in [-0.39, 0.29) is 11.9 Å². The van der Waals surface area contributed by atoms with Gasteiger partial charge in [0.05, 0.1) is 5.56 Å². The zero-order valence-corrected chi connectivity index (χ0v) is 15.1. The lowest BCUT2D eigenvalue weighted by Gasteiger charge is -2.35. The summed E-state index contributed by atoms with van der Waals surface area (Å²) in [6.07, 6.45) is 1.07. The second-order valence-electron chi connectivity index (χ2n) is 6.69. The number of aromatic nitrogens is 1. The minimum Gasteiger partial charge on any atom is -0.355 e. The zero-order valence-electron chi connectivity index (χ0n) is 15.1. The van der Waals surface area contributed by atoms with Gasteiger partial charge in [-0.15, -0.1) is 0 Å². The Morgan fingerprint density at radius 1 is 1.22 bits per heavy atom. The van der Waals surface area contributed by atoms with E-state index < -0.39 is 11.7 Å². The molecule has 1 aromatic carbocycles. The topological polar surface area (TPSA) is 45.2 Å². The van der Waals surface area contributed by atoms with Crippen LogP contribution in [0.4, 0.5) is 24.5 Å². The predicted octanol–water partition coefficient (Wildman–Crippen LogP) is 5.25. The fourth-order valence-corrected chi connectivity index (χ4v) is 3.40. The Morgan fingerprint density at radius 3 is 2.74 bits per heavy atom. The van der Waals surface area contributed by atoms with Crippen LogP contribution >= 0.6 is 0 Å². The number of likely N-dealkylation sites (tertiary alicyclic amines) is 1. The summed E-state index contributed by atoms with van der Waals surface area (Å²) in [6, 6.07) is 8.39. The highest BCUT2D eigenvalue weighted by Gasteiger charge is 2.30. The quantitative estimate of drug-likeness (QED) is 0.792. The van der Waals surface area contributed by atoms with E-state index in [2.05, 4.69) is 17.2 Å². The minimum atomic E-state index is -4.40. The maximum atomic E-state index is 12.9. The van der Waals surface area contributed by atoms with Crippen molar-refractivity contribution in [1.29, 1.82) is 0 Å². The standard InChI is InChI=1S/C20H22F3N3O/c1-2-17-8-3-4-11-26(17)19(27)18-13-16(9-10-24-18)25-15-7-5-6-14(12-15)20(21,22)23/h5-7,9-10,12-13,17H,2-4,8,11H2,1H3,(H,24,25). The van der Waals surface area contributed by atoms with Crippen LogP contribution in [0.15, 0.2) is 42.6 Å². The van der Waals surface area contributed by atoms with Crippen molar-refractivity contribution in [3.63, 3.8) is 0 Å². The van der Waals surface area contributed by atoms with Crippen LogP contribution in [0.5, 0.6) is 0 Å². The summed E-state index contributed by atoms with van der Waals surface area (Å²) < 4.78 is 38.6. The Bertz CT molecular complexity index is 807. The van der Waals surface area contributed by atoms with E-state index >= 15 is 0 Å². The lowest BCUT2D eigenvalue weighted by atomic mass is 9.99. The van der Waals surface area contributed by atoms with Gasteiger partial charge in [-0.3, -0.25) is 9.78 Å². The maximum absolute atomic E-state index is 12.9. The molecule has 7 heteroatoms. The Kier molecular flexibility index (Phi) is 5.68. The van der Waals surface area contributed by atoms with Crippen molar-refractivity contribution < 1.29 is 18.0 Å². The number of nitrogens with zero attached hydrogens (tertiary/aromatic N) is 2. The molecule has 3 rings (SSSR count). The Labute approximate surface area is 156 Å². The van der Waals surface area contributed by atoms with Crippen LogP contribution in [0.1, 0.15) is 48.7 Å². The summed E-state index contributed by atoms with van der Waals surface area (Å²) in [5.74, 6) is -0.130. The predicted molar refractivity (Wildman–Crippen MR) is 97.9 cm³/mol. The van der Waals surface area contributed by atoms with Gasteiger partial charge in [0.15, 0.2) is 0 Å². The summed E-state index contributed by atoms with van der Waals surface area (Å²) in [5.41, 5.74) is 0.404. The van der Waals surface area contributed by atoms with Crippen molar-refractivity contribution in [2.75, 3.05) is 11.9 Å². The molecule has 0 spiro atoms. The molecular formula is C20H22F3N3O. The van der Waals surface area contributed by atoms with E-state index in [1.165, 1.54) is 12.3 Å². The first-order valence-electron chi connectivity index (χ1n) is 9.10. The van der Waals surface area contributed by atoms with Crippen molar-refractivity contribution in [2.24, 2.45) is 0 Å². The summed E-state index contributed by atoms with van der Waals surface area (Å²) in [4.78, 5) is 18.9. The molecule has 1 unspecified atom stereocenters. The molecule has 1 aliphatic rings. The number of anilines is 2. The first-order valence-corrected chi connectivity index (χ1v) is 9.10. The molecule has 1 fully saturated rings. The van der Waals surface area contributed by atoms with Gasteiger partial charge in [0.2, 0.25) is 0 Å². The van der Waals surface area contributed by atoms with Crippen molar-refractivity contribution in [2.45, 2.75) is 44.8 Å². The molecule has 2 heterocycles. The molecule has 1 N–H and O–H groups in total. The molecule has 0 bridgehead atoms. The maximum Gasteiger partial charge on any atom is 0.416 e. The van der Waals surface area contributed by atoms with Crippen LogP contribution in [0.25, 0.3) is 0 Å². The summed E-state index contributed by atoms with van der Waals surface area (Å²) >= 11 is 0. The van der Waals surface area contributed by atoms with E-state index in [9.17, 15) is 18.0 Å². The van der Waals surface area contributed by atoms with Crippen molar-refractivity contribution >= 4 is 17.3 Å². The number of pyridine rings is 1. The van der Waals surface area contributed by atoms with Gasteiger partial charge >= 0.3 is 6.18 Å². The van der Waals surface area contributed by atoms with E-state index in [0.29, 0.717) is 23.6 Å². The number of piperidine rings is 1. The number of rotatable bonds is 4. The van der Waals surface area contributed by atoms with Crippen LogP contribution in [-0.4, -0.2) is 28.4 Å². The molecule has 2 aromatic rings. The molecule has 1 aromatic heterocycles. The molecule has 1 atom stereocenters. The summed E-state index contributed by atoms with van der Waals surface area (Å²) in [7, 11) is 0. The number of carbonyl (C=O) groups excluding carboxylic acids is 1. The van der Waals surface area contributed by atoms with Crippen LogP contribution in [0.3, 0.4) is 0 Å². The number of benzene rings is 1. The zero-order chi connectivity index (χ0) is 19.4. The van der Waals surface area contributed by atoms with Gasteiger partial charge < -0.3 is 10.2 Å². The molecule has 0 aliphatic carbocycles. The van der Waals surface area contributed by atoms with Gasteiger partial charge in [-0.05, 0) is 56.0 Å². The van der Waals surface area contributed by atoms with E-state index in [1.807, 2.05) is 4.90 Å². The van der Waals surface area contributed by atoms with Gasteiger partial charge in [-0.2, -0.15) is 13.2 Å². The first-order chi connectivity index (χ1) is 12.9. The molecule has 1 saturated heterocycles. The minimum absolute atomic E-state index is 0.130. The second kappa shape index (κ2) is 7.98. The molecule has 4 nitrogen and oxygen atoms in total. The number of amides is 1. The third-order valence-corrected chi connectivity index (χ3v) is 4.82. The molecule has 0 saturated carbocycles. The van der Waals surface area contributed by atoms with Gasteiger partial charge in [0.25, 0.3) is 5.91 Å². The highest BCUT2D eigenvalue weighted by molar-refractivity contribution is 5.93. The Morgan fingerprint density at radius 2 is 2.00 bits per heavy atom. The van der Waals surface area contributed by atoms with Crippen LogP contribution in [-0.2, 0) is 6.18 Å². The molecule has 1 amide bonds. The monoisotopic (exact) mass is 377 g/mol. The lowest BCUT2D eigenvalue weighted by Crippen LogP contribution is -2.43. The second-order valence-corrected chi connectivity index (χ2v) is 6.69. The normalized spacial score (nSPS) is 17.6. The SMILES string of the molecule is CCC1CCCCN1C(=O)c1cc(Nc2cccc(C(F)(F)F)c2)ccn1. The summed E-state index contributed by atoms with van der Waals surface area (Å²) in [5, 5.41) is 2.93. The fourth-order valence-electron chi connectivity index (χ4n) is 3.40. The number of nitrogens with one attached hydrogen (secondary N) is 1. The Balaban J connectivity index is 1.79.